The third kappa shape index (κ3) is 3.55. The van der Waals surface area contributed by atoms with Gasteiger partial charge in [0.15, 0.2) is 0 Å². The Morgan fingerprint density at radius 2 is 2.13 bits per heavy atom. The topological polar surface area (TPSA) is 129 Å². The van der Waals surface area contributed by atoms with E-state index in [1.165, 1.54) is 38.6 Å². The smallest absolute Gasteiger partial charge is 0.325 e. The number of sulfonamides is 1. The number of guanidine groups is 1. The molecule has 3 heterocycles. The molecule has 1 aromatic heterocycles. The van der Waals surface area contributed by atoms with Crippen LogP contribution in [0, 0.1) is 5.82 Å². The Labute approximate surface area is 178 Å². The van der Waals surface area contributed by atoms with E-state index in [0.29, 0.717) is 5.88 Å². The third-order valence-electron chi connectivity index (χ3n) is 5.47. The summed E-state index contributed by atoms with van der Waals surface area (Å²) in [7, 11) is -1.12. The highest BCUT2D eigenvalue weighted by atomic mass is 32.2. The molecule has 0 unspecified atom stereocenters. The molecular weight excluding hydrogens is 429 g/mol. The molecule has 3 atom stereocenters. The molecule has 0 radical (unpaired) electrons. The van der Waals surface area contributed by atoms with Gasteiger partial charge in [0.2, 0.25) is 21.9 Å². The summed E-state index contributed by atoms with van der Waals surface area (Å²) in [5.74, 6) is -0.407. The highest BCUT2D eigenvalue weighted by molar-refractivity contribution is 7.90. The summed E-state index contributed by atoms with van der Waals surface area (Å²) in [4.78, 5) is 12.5. The molecule has 1 saturated heterocycles. The van der Waals surface area contributed by atoms with Crippen LogP contribution in [0.5, 0.6) is 17.6 Å². The SMILES string of the molecule is COc1ccnc(Oc2ccc(F)c([C@]34CO[C@@H](C)C[C@H]3S(=O)(=O)N(C)C(N)=N4)c2)n1. The standard InChI is InChI=1S/C19H22FN5O5S/c1-11-8-15-19(10-29-11,24-17(21)25(2)31(15,26)27)13-9-12(4-5-14(13)20)30-18-22-7-6-16(23-18)28-3/h4-7,9,11,15H,8,10H2,1-3H3,(H2,21,24)/t11-,15+,19+/m0/s1. The Hall–Kier alpha value is -2.99. The monoisotopic (exact) mass is 451 g/mol. The minimum Gasteiger partial charge on any atom is -0.481 e. The molecular formula is C19H22FN5O5S. The van der Waals surface area contributed by atoms with Crippen molar-refractivity contribution in [2.45, 2.75) is 30.2 Å². The molecule has 0 amide bonds. The van der Waals surface area contributed by atoms with E-state index in [9.17, 15) is 8.42 Å². The van der Waals surface area contributed by atoms with Crippen molar-refractivity contribution in [2.75, 3.05) is 20.8 Å². The molecule has 4 rings (SSSR count). The van der Waals surface area contributed by atoms with Crippen LogP contribution < -0.4 is 15.2 Å². The van der Waals surface area contributed by atoms with Crippen LogP contribution in [0.1, 0.15) is 18.9 Å². The van der Waals surface area contributed by atoms with Crippen LogP contribution >= 0.6 is 0 Å². The van der Waals surface area contributed by atoms with E-state index < -0.39 is 26.6 Å². The second-order valence-electron chi connectivity index (χ2n) is 7.38. The zero-order valence-electron chi connectivity index (χ0n) is 17.1. The Kier molecular flexibility index (Phi) is 5.21. The minimum atomic E-state index is -3.90. The largest absolute Gasteiger partial charge is 0.481 e. The first-order chi connectivity index (χ1) is 14.7. The van der Waals surface area contributed by atoms with Gasteiger partial charge in [0.1, 0.15) is 22.4 Å². The van der Waals surface area contributed by atoms with Crippen LogP contribution in [0.4, 0.5) is 4.39 Å². The lowest BCUT2D eigenvalue weighted by molar-refractivity contribution is -0.0189. The average molecular weight is 451 g/mol. The van der Waals surface area contributed by atoms with Crippen molar-refractivity contribution in [2.24, 2.45) is 10.7 Å². The quantitative estimate of drug-likeness (QED) is 0.738. The molecule has 0 bridgehead atoms. The molecule has 166 valence electrons. The fraction of sp³-hybridized carbons (Fsp3) is 0.421. The number of hydrogen-bond donors (Lipinski definition) is 1. The van der Waals surface area contributed by atoms with Gasteiger partial charge in [-0.3, -0.25) is 0 Å². The number of fused-ring (bicyclic) bond motifs is 1. The van der Waals surface area contributed by atoms with Gasteiger partial charge in [0.25, 0.3) is 0 Å². The van der Waals surface area contributed by atoms with Gasteiger partial charge in [-0.1, -0.05) is 0 Å². The molecule has 2 aliphatic rings. The maximum atomic E-state index is 15.1. The van der Waals surface area contributed by atoms with Crippen LogP contribution in [-0.2, 0) is 20.3 Å². The van der Waals surface area contributed by atoms with Gasteiger partial charge in [0, 0.05) is 24.9 Å². The normalized spacial score (nSPS) is 27.2. The van der Waals surface area contributed by atoms with Crippen LogP contribution in [-0.4, -0.2) is 60.8 Å². The summed E-state index contributed by atoms with van der Waals surface area (Å²) < 4.78 is 58.8. The third-order valence-corrected chi connectivity index (χ3v) is 7.73. The fourth-order valence-corrected chi connectivity index (χ4v) is 5.74. The van der Waals surface area contributed by atoms with E-state index in [1.807, 2.05) is 0 Å². The van der Waals surface area contributed by atoms with Crippen LogP contribution in [0.2, 0.25) is 0 Å². The van der Waals surface area contributed by atoms with E-state index in [-0.39, 0.29) is 42.4 Å². The second kappa shape index (κ2) is 7.61. The lowest BCUT2D eigenvalue weighted by Crippen LogP contribution is -2.62. The first kappa shape index (κ1) is 21.2. The van der Waals surface area contributed by atoms with Crippen LogP contribution in [0.3, 0.4) is 0 Å². The molecule has 31 heavy (non-hydrogen) atoms. The Morgan fingerprint density at radius 3 is 2.87 bits per heavy atom. The van der Waals surface area contributed by atoms with Gasteiger partial charge in [-0.05, 0) is 31.5 Å². The molecule has 12 heteroatoms. The zero-order chi connectivity index (χ0) is 22.4. The summed E-state index contributed by atoms with van der Waals surface area (Å²) in [6.45, 7) is 1.61. The lowest BCUT2D eigenvalue weighted by Gasteiger charge is -2.47. The molecule has 1 fully saturated rings. The van der Waals surface area contributed by atoms with Gasteiger partial charge in [-0.2, -0.15) is 4.98 Å². The summed E-state index contributed by atoms with van der Waals surface area (Å²) in [5, 5.41) is -1.06. The molecule has 2 aliphatic heterocycles. The van der Waals surface area contributed by atoms with E-state index in [1.54, 1.807) is 13.0 Å². The van der Waals surface area contributed by atoms with Crippen molar-refractivity contribution < 1.29 is 27.0 Å². The Bertz CT molecular complexity index is 1140. The van der Waals surface area contributed by atoms with Crippen LogP contribution in [0.15, 0.2) is 35.5 Å². The molecule has 1 aromatic carbocycles. The number of aliphatic imine (C=N–C) groups is 1. The number of nitrogens with zero attached hydrogens (tertiary/aromatic N) is 4. The van der Waals surface area contributed by atoms with E-state index in [2.05, 4.69) is 15.0 Å². The number of ether oxygens (including phenoxy) is 3. The molecule has 2 N–H and O–H groups in total. The Balaban J connectivity index is 1.82. The lowest BCUT2D eigenvalue weighted by atomic mass is 9.82. The molecule has 2 aromatic rings. The maximum Gasteiger partial charge on any atom is 0.325 e. The minimum absolute atomic E-state index is 0.00409. The van der Waals surface area contributed by atoms with Gasteiger partial charge >= 0.3 is 6.01 Å². The maximum absolute atomic E-state index is 15.1. The molecule has 10 nitrogen and oxygen atoms in total. The highest BCUT2D eigenvalue weighted by Crippen LogP contribution is 2.45. The van der Waals surface area contributed by atoms with E-state index in [0.717, 1.165) is 4.31 Å². The number of nitrogens with two attached hydrogens (primary N) is 1. The first-order valence-electron chi connectivity index (χ1n) is 9.47. The summed E-state index contributed by atoms with van der Waals surface area (Å²) in [6, 6.07) is 5.47. The Morgan fingerprint density at radius 1 is 1.35 bits per heavy atom. The van der Waals surface area contributed by atoms with Crippen LogP contribution in [0.25, 0.3) is 0 Å². The number of benzene rings is 1. The summed E-state index contributed by atoms with van der Waals surface area (Å²) >= 11 is 0. The predicted molar refractivity (Wildman–Crippen MR) is 109 cm³/mol. The number of rotatable bonds is 4. The van der Waals surface area contributed by atoms with Gasteiger partial charge in [-0.15, -0.1) is 0 Å². The molecule has 0 aliphatic carbocycles. The highest BCUT2D eigenvalue weighted by Gasteiger charge is 2.57. The van der Waals surface area contributed by atoms with Crippen molar-refractivity contribution in [3.05, 3.63) is 41.8 Å². The number of hydrogen-bond acceptors (Lipinski definition) is 9. The second-order valence-corrected chi connectivity index (χ2v) is 9.52. The predicted octanol–water partition coefficient (Wildman–Crippen LogP) is 1.38. The number of aromatic nitrogens is 2. The first-order valence-corrected chi connectivity index (χ1v) is 11.0. The summed E-state index contributed by atoms with van der Waals surface area (Å²) in [6.07, 6.45) is 1.24. The fourth-order valence-electron chi connectivity index (χ4n) is 3.80. The van der Waals surface area contributed by atoms with E-state index in [4.69, 9.17) is 19.9 Å². The number of methoxy groups -OCH3 is 1. The van der Waals surface area contributed by atoms with Gasteiger partial charge in [0.05, 0.1) is 19.8 Å². The average Bonchev–Trinajstić information content (AvgIpc) is 2.75. The zero-order valence-corrected chi connectivity index (χ0v) is 18.0. The summed E-state index contributed by atoms with van der Waals surface area (Å²) in [5.41, 5.74) is 4.36. The van der Waals surface area contributed by atoms with Crippen molar-refractivity contribution in [3.8, 4) is 17.6 Å². The van der Waals surface area contributed by atoms with Crippen molar-refractivity contribution in [1.29, 1.82) is 0 Å². The van der Waals surface area contributed by atoms with Crippen molar-refractivity contribution in [1.82, 2.24) is 14.3 Å². The number of halogens is 1. The molecule has 0 saturated carbocycles. The van der Waals surface area contributed by atoms with Gasteiger partial charge in [-0.25, -0.2) is 27.1 Å². The van der Waals surface area contributed by atoms with Crippen molar-refractivity contribution >= 4 is 16.0 Å². The van der Waals surface area contributed by atoms with Gasteiger partial charge < -0.3 is 19.9 Å². The van der Waals surface area contributed by atoms with E-state index >= 15 is 4.39 Å². The molecule has 0 spiro atoms. The van der Waals surface area contributed by atoms with Crippen molar-refractivity contribution in [3.63, 3.8) is 0 Å².